The second-order valence-corrected chi connectivity index (χ2v) is 8.07. The summed E-state index contributed by atoms with van der Waals surface area (Å²) in [6.07, 6.45) is 3.96. The van der Waals surface area contributed by atoms with Gasteiger partial charge in [0, 0.05) is 4.47 Å². The van der Waals surface area contributed by atoms with Gasteiger partial charge in [0.05, 0.1) is 4.08 Å². The van der Waals surface area contributed by atoms with Crippen LogP contribution in [-0.4, -0.2) is 11.5 Å². The Morgan fingerprint density at radius 3 is 2.80 bits per heavy atom. The number of thioether (sulfide) groups is 2. The molecule has 0 nitrogen and oxygen atoms in total. The van der Waals surface area contributed by atoms with Crippen LogP contribution in [0.5, 0.6) is 0 Å². The molecule has 0 atom stereocenters. The van der Waals surface area contributed by atoms with Gasteiger partial charge in [-0.25, -0.2) is 0 Å². The molecular formula is C12H13BrS2. The van der Waals surface area contributed by atoms with Crippen molar-refractivity contribution < 1.29 is 0 Å². The van der Waals surface area contributed by atoms with Crippen LogP contribution in [0.25, 0.3) is 0 Å². The van der Waals surface area contributed by atoms with Crippen LogP contribution in [0.4, 0.5) is 0 Å². The molecule has 1 aliphatic heterocycles. The molecule has 1 aromatic carbocycles. The van der Waals surface area contributed by atoms with Gasteiger partial charge in [0.1, 0.15) is 0 Å². The van der Waals surface area contributed by atoms with E-state index in [-0.39, 0.29) is 0 Å². The van der Waals surface area contributed by atoms with E-state index in [2.05, 4.69) is 57.7 Å². The van der Waals surface area contributed by atoms with E-state index in [0.717, 1.165) is 0 Å². The van der Waals surface area contributed by atoms with Crippen LogP contribution in [-0.2, 0) is 10.5 Å². The molecule has 3 heteroatoms. The maximum atomic E-state index is 3.56. The molecule has 1 aromatic rings. The lowest BCUT2D eigenvalue weighted by Crippen LogP contribution is -2.19. The Morgan fingerprint density at radius 2 is 2.00 bits per heavy atom. The third kappa shape index (κ3) is 1.77. The summed E-state index contributed by atoms with van der Waals surface area (Å²) in [4.78, 5) is 0. The molecule has 0 radical (unpaired) electrons. The molecule has 0 N–H and O–H groups in total. The molecule has 2 aliphatic rings. The van der Waals surface area contributed by atoms with E-state index >= 15 is 0 Å². The fraction of sp³-hybridized carbons (Fsp3) is 0.500. The zero-order chi connectivity index (χ0) is 10.3. The predicted octanol–water partition coefficient (Wildman–Crippen LogP) is 4.42. The average molecular weight is 301 g/mol. The molecule has 0 saturated carbocycles. The van der Waals surface area contributed by atoms with Crippen molar-refractivity contribution in [2.75, 3.05) is 11.5 Å². The Morgan fingerprint density at radius 1 is 1.20 bits per heavy atom. The van der Waals surface area contributed by atoms with Crippen molar-refractivity contribution in [3.63, 3.8) is 0 Å². The lowest BCUT2D eigenvalue weighted by Gasteiger charge is -2.33. The number of benzene rings is 1. The maximum absolute atomic E-state index is 3.56. The quantitative estimate of drug-likeness (QED) is 0.696. The van der Waals surface area contributed by atoms with Gasteiger partial charge < -0.3 is 0 Å². The minimum absolute atomic E-state index is 0.411. The van der Waals surface area contributed by atoms with Gasteiger partial charge in [0.15, 0.2) is 0 Å². The van der Waals surface area contributed by atoms with Crippen molar-refractivity contribution in [2.45, 2.75) is 23.3 Å². The molecule has 1 aliphatic carbocycles. The lowest BCUT2D eigenvalue weighted by molar-refractivity contribution is 0.824. The average Bonchev–Trinajstić information content (AvgIpc) is 2.58. The summed E-state index contributed by atoms with van der Waals surface area (Å²) >= 11 is 7.90. The number of aryl methyl sites for hydroxylation is 1. The van der Waals surface area contributed by atoms with E-state index in [9.17, 15) is 0 Å². The predicted molar refractivity (Wildman–Crippen MR) is 73.7 cm³/mol. The van der Waals surface area contributed by atoms with Gasteiger partial charge in [-0.05, 0) is 54.0 Å². The summed E-state index contributed by atoms with van der Waals surface area (Å²) in [6, 6.07) is 6.83. The minimum Gasteiger partial charge on any atom is -0.139 e. The summed E-state index contributed by atoms with van der Waals surface area (Å²) < 4.78 is 1.64. The van der Waals surface area contributed by atoms with Crippen LogP contribution in [0, 0.1) is 0 Å². The van der Waals surface area contributed by atoms with Crippen molar-refractivity contribution >= 4 is 39.5 Å². The first kappa shape index (κ1) is 10.5. The molecule has 0 aromatic heterocycles. The molecule has 1 fully saturated rings. The Labute approximate surface area is 108 Å². The van der Waals surface area contributed by atoms with Crippen molar-refractivity contribution in [1.82, 2.24) is 0 Å². The molecule has 15 heavy (non-hydrogen) atoms. The van der Waals surface area contributed by atoms with Gasteiger partial charge >= 0.3 is 0 Å². The van der Waals surface area contributed by atoms with Crippen LogP contribution in [0.3, 0.4) is 0 Å². The highest BCUT2D eigenvalue weighted by molar-refractivity contribution is 9.10. The molecule has 1 saturated heterocycles. The monoisotopic (exact) mass is 300 g/mol. The van der Waals surface area contributed by atoms with Crippen molar-refractivity contribution in [3.8, 4) is 0 Å². The molecule has 0 amide bonds. The summed E-state index contributed by atoms with van der Waals surface area (Å²) in [6.45, 7) is 0. The second-order valence-electron chi connectivity index (χ2n) is 4.10. The zero-order valence-electron chi connectivity index (χ0n) is 8.46. The fourth-order valence-corrected chi connectivity index (χ4v) is 6.31. The summed E-state index contributed by atoms with van der Waals surface area (Å²) in [5.74, 6) is 2.67. The van der Waals surface area contributed by atoms with Crippen LogP contribution in [0.1, 0.15) is 24.0 Å². The lowest BCUT2D eigenvalue weighted by atomic mass is 10.1. The van der Waals surface area contributed by atoms with Crippen molar-refractivity contribution in [3.05, 3.63) is 33.8 Å². The van der Waals surface area contributed by atoms with Gasteiger partial charge in [-0.1, -0.05) is 22.0 Å². The normalized spacial score (nSPS) is 23.0. The SMILES string of the molecule is Brc1ccc2c(c1)CCC21SCCCS1. The molecule has 80 valence electrons. The van der Waals surface area contributed by atoms with Gasteiger partial charge in [-0.2, -0.15) is 0 Å². The summed E-state index contributed by atoms with van der Waals surface area (Å²) in [5, 5.41) is 0. The highest BCUT2D eigenvalue weighted by atomic mass is 79.9. The van der Waals surface area contributed by atoms with Crippen LogP contribution < -0.4 is 0 Å². The fourth-order valence-electron chi connectivity index (χ4n) is 2.45. The van der Waals surface area contributed by atoms with Crippen LogP contribution >= 0.6 is 39.5 Å². The van der Waals surface area contributed by atoms with Crippen molar-refractivity contribution in [1.29, 1.82) is 0 Å². The number of hydrogen-bond donors (Lipinski definition) is 0. The zero-order valence-corrected chi connectivity index (χ0v) is 11.7. The van der Waals surface area contributed by atoms with Gasteiger partial charge in [-0.3, -0.25) is 0 Å². The van der Waals surface area contributed by atoms with Gasteiger partial charge in [-0.15, -0.1) is 23.5 Å². The second kappa shape index (κ2) is 4.01. The Bertz CT molecular complexity index is 383. The number of halogens is 1. The highest BCUT2D eigenvalue weighted by Gasteiger charge is 2.40. The Balaban J connectivity index is 2.03. The third-order valence-corrected chi connectivity index (χ3v) is 7.13. The van der Waals surface area contributed by atoms with Crippen LogP contribution in [0.15, 0.2) is 22.7 Å². The summed E-state index contributed by atoms with van der Waals surface area (Å²) in [7, 11) is 0. The first-order valence-corrected chi connectivity index (χ1v) is 8.13. The maximum Gasteiger partial charge on any atom is 0.0866 e. The first-order valence-electron chi connectivity index (χ1n) is 5.37. The van der Waals surface area contributed by atoms with Crippen LogP contribution in [0.2, 0.25) is 0 Å². The topological polar surface area (TPSA) is 0 Å². The van der Waals surface area contributed by atoms with E-state index < -0.39 is 0 Å². The first-order chi connectivity index (χ1) is 7.30. The number of hydrogen-bond acceptors (Lipinski definition) is 2. The molecular weight excluding hydrogens is 288 g/mol. The largest absolute Gasteiger partial charge is 0.139 e. The smallest absolute Gasteiger partial charge is 0.0866 e. The van der Waals surface area contributed by atoms with E-state index in [1.807, 2.05) is 0 Å². The minimum atomic E-state index is 0.411. The van der Waals surface area contributed by atoms with E-state index in [1.165, 1.54) is 35.2 Å². The van der Waals surface area contributed by atoms with E-state index in [1.54, 1.807) is 11.1 Å². The van der Waals surface area contributed by atoms with Gasteiger partial charge in [0.2, 0.25) is 0 Å². The number of fused-ring (bicyclic) bond motifs is 2. The molecule has 3 rings (SSSR count). The van der Waals surface area contributed by atoms with E-state index in [4.69, 9.17) is 0 Å². The Kier molecular flexibility index (Phi) is 2.82. The van der Waals surface area contributed by atoms with Gasteiger partial charge in [0.25, 0.3) is 0 Å². The Hall–Kier alpha value is 0.400. The molecule has 0 unspecified atom stereocenters. The standard InChI is InChI=1S/C12H13BrS2/c13-10-2-3-11-9(8-10)4-5-12(11)14-6-1-7-15-12/h2-3,8H,1,4-7H2. The van der Waals surface area contributed by atoms with Crippen molar-refractivity contribution in [2.24, 2.45) is 0 Å². The third-order valence-electron chi connectivity index (χ3n) is 3.16. The molecule has 1 heterocycles. The highest BCUT2D eigenvalue weighted by Crippen LogP contribution is 2.57. The number of rotatable bonds is 0. The molecule has 1 spiro atoms. The van der Waals surface area contributed by atoms with E-state index in [0.29, 0.717) is 4.08 Å². The molecule has 0 bridgehead atoms. The summed E-state index contributed by atoms with van der Waals surface area (Å²) in [5.41, 5.74) is 3.16.